The topological polar surface area (TPSA) is 90.9 Å². The first-order chi connectivity index (χ1) is 11.0. The first-order valence-electron chi connectivity index (χ1n) is 7.27. The van der Waals surface area contributed by atoms with Crippen molar-refractivity contribution in [2.75, 3.05) is 26.5 Å². The molecule has 1 atom stereocenters. The van der Waals surface area contributed by atoms with Gasteiger partial charge in [-0.15, -0.1) is 0 Å². The van der Waals surface area contributed by atoms with Gasteiger partial charge in [0.1, 0.15) is 6.04 Å². The first kappa shape index (κ1) is 19.4. The van der Waals surface area contributed by atoms with E-state index in [-0.39, 0.29) is 19.4 Å². The van der Waals surface area contributed by atoms with Gasteiger partial charge >= 0.3 is 13.6 Å². The van der Waals surface area contributed by atoms with Crippen LogP contribution in [-0.2, 0) is 23.1 Å². The van der Waals surface area contributed by atoms with Gasteiger partial charge in [0.25, 0.3) is 5.91 Å². The van der Waals surface area contributed by atoms with Crippen molar-refractivity contribution in [3.63, 3.8) is 0 Å². The molecule has 23 heavy (non-hydrogen) atoms. The van der Waals surface area contributed by atoms with Gasteiger partial charge in [0.05, 0.1) is 26.5 Å². The van der Waals surface area contributed by atoms with Crippen molar-refractivity contribution in [3.05, 3.63) is 35.9 Å². The van der Waals surface area contributed by atoms with Gasteiger partial charge in [-0.25, -0.2) is 4.79 Å². The second kappa shape index (κ2) is 9.45. The largest absolute Gasteiger partial charge is 0.467 e. The van der Waals surface area contributed by atoms with Crippen LogP contribution >= 0.6 is 7.60 Å². The SMILES string of the molecule is CCOP(=O)(C[C@@H](NC(=O)c1ccccc1)C(=O)OC)OCC. The van der Waals surface area contributed by atoms with Crippen molar-refractivity contribution in [2.24, 2.45) is 0 Å². The van der Waals surface area contributed by atoms with E-state index in [1.165, 1.54) is 7.11 Å². The van der Waals surface area contributed by atoms with E-state index in [0.29, 0.717) is 5.56 Å². The average molecular weight is 343 g/mol. The predicted octanol–water partition coefficient (Wildman–Crippen LogP) is 2.22. The molecule has 0 aliphatic carbocycles. The second-order valence-electron chi connectivity index (χ2n) is 4.54. The van der Waals surface area contributed by atoms with Crippen LogP contribution < -0.4 is 5.32 Å². The van der Waals surface area contributed by atoms with Crippen molar-refractivity contribution in [3.8, 4) is 0 Å². The van der Waals surface area contributed by atoms with Crippen LogP contribution in [0.15, 0.2) is 30.3 Å². The van der Waals surface area contributed by atoms with Crippen molar-refractivity contribution >= 4 is 19.5 Å². The molecule has 0 unspecified atom stereocenters. The number of esters is 1. The van der Waals surface area contributed by atoms with Gasteiger partial charge in [-0.2, -0.15) is 0 Å². The lowest BCUT2D eigenvalue weighted by molar-refractivity contribution is -0.142. The third kappa shape index (κ3) is 6.14. The number of ether oxygens (including phenoxy) is 1. The Labute approximate surface area is 135 Å². The van der Waals surface area contributed by atoms with Gasteiger partial charge in [0.2, 0.25) is 0 Å². The summed E-state index contributed by atoms with van der Waals surface area (Å²) in [6.45, 7) is 3.67. The zero-order valence-corrected chi connectivity index (χ0v) is 14.4. The molecule has 1 N–H and O–H groups in total. The maximum atomic E-state index is 12.6. The summed E-state index contributed by atoms with van der Waals surface area (Å²) in [7, 11) is -2.32. The molecule has 128 valence electrons. The van der Waals surface area contributed by atoms with Gasteiger partial charge in [-0.1, -0.05) is 18.2 Å². The van der Waals surface area contributed by atoms with Crippen molar-refractivity contribution in [1.29, 1.82) is 0 Å². The highest BCUT2D eigenvalue weighted by Crippen LogP contribution is 2.48. The molecule has 7 nitrogen and oxygen atoms in total. The van der Waals surface area contributed by atoms with Crippen molar-refractivity contribution in [1.82, 2.24) is 5.32 Å². The minimum atomic E-state index is -3.51. The molecule has 1 rings (SSSR count). The molecule has 0 aliphatic rings. The highest BCUT2D eigenvalue weighted by Gasteiger charge is 2.34. The lowest BCUT2D eigenvalue weighted by Gasteiger charge is -2.22. The molecule has 0 radical (unpaired) electrons. The maximum absolute atomic E-state index is 12.6. The minimum absolute atomic E-state index is 0.164. The van der Waals surface area contributed by atoms with E-state index < -0.39 is 25.5 Å². The van der Waals surface area contributed by atoms with E-state index in [4.69, 9.17) is 9.05 Å². The highest BCUT2D eigenvalue weighted by atomic mass is 31.2. The van der Waals surface area contributed by atoms with Crippen LogP contribution in [-0.4, -0.2) is 44.4 Å². The summed E-state index contributed by atoms with van der Waals surface area (Å²) in [6, 6.07) is 7.26. The van der Waals surface area contributed by atoms with Crippen LogP contribution in [0.5, 0.6) is 0 Å². The fourth-order valence-corrected chi connectivity index (χ4v) is 3.67. The third-order valence-electron chi connectivity index (χ3n) is 2.88. The molecule has 0 saturated heterocycles. The lowest BCUT2D eigenvalue weighted by Crippen LogP contribution is -2.44. The van der Waals surface area contributed by atoms with Crippen molar-refractivity contribution in [2.45, 2.75) is 19.9 Å². The molecule has 1 aromatic rings. The fourth-order valence-electron chi connectivity index (χ4n) is 1.91. The quantitative estimate of drug-likeness (QED) is 0.546. The summed E-state index contributed by atoms with van der Waals surface area (Å²) in [5, 5.41) is 2.51. The summed E-state index contributed by atoms with van der Waals surface area (Å²) in [5.74, 6) is -1.19. The molecule has 8 heteroatoms. The summed E-state index contributed by atoms with van der Waals surface area (Å²) in [6.07, 6.45) is -0.292. The number of benzene rings is 1. The van der Waals surface area contributed by atoms with Crippen LogP contribution in [0, 0.1) is 0 Å². The summed E-state index contributed by atoms with van der Waals surface area (Å²) in [4.78, 5) is 24.1. The second-order valence-corrected chi connectivity index (χ2v) is 6.65. The van der Waals surface area contributed by atoms with Gasteiger partial charge in [0, 0.05) is 5.56 Å². The number of hydrogen-bond acceptors (Lipinski definition) is 6. The van der Waals surface area contributed by atoms with Crippen LogP contribution in [0.2, 0.25) is 0 Å². The zero-order chi connectivity index (χ0) is 17.3. The number of nitrogens with one attached hydrogen (secondary N) is 1. The number of carbonyl (C=O) groups excluding carboxylic acids is 2. The number of carbonyl (C=O) groups is 2. The van der Waals surface area contributed by atoms with Gasteiger partial charge in [-0.3, -0.25) is 9.36 Å². The van der Waals surface area contributed by atoms with Crippen LogP contribution in [0.3, 0.4) is 0 Å². The third-order valence-corrected chi connectivity index (χ3v) is 5.00. The standard InChI is InChI=1S/C15H22NO6P/c1-4-21-23(19,22-5-2)11-13(15(18)20-3)16-14(17)12-9-7-6-8-10-12/h6-10,13H,4-5,11H2,1-3H3,(H,16,17)/t13-/m1/s1. The Bertz CT molecular complexity index is 552. The molecular formula is C15H22NO6P. The lowest BCUT2D eigenvalue weighted by atomic mass is 10.2. The molecule has 1 amide bonds. The maximum Gasteiger partial charge on any atom is 0.333 e. The predicted molar refractivity (Wildman–Crippen MR) is 85.4 cm³/mol. The van der Waals surface area contributed by atoms with Crippen LogP contribution in [0.1, 0.15) is 24.2 Å². The summed E-state index contributed by atoms with van der Waals surface area (Å²) < 4.78 is 27.5. The molecule has 0 heterocycles. The smallest absolute Gasteiger partial charge is 0.333 e. The molecular weight excluding hydrogens is 321 g/mol. The molecule has 0 fully saturated rings. The average Bonchev–Trinajstić information content (AvgIpc) is 2.54. The van der Waals surface area contributed by atoms with Gasteiger partial charge in [-0.05, 0) is 26.0 Å². The highest BCUT2D eigenvalue weighted by molar-refractivity contribution is 7.54. The van der Waals surface area contributed by atoms with E-state index >= 15 is 0 Å². The Balaban J connectivity index is 2.90. The monoisotopic (exact) mass is 343 g/mol. The van der Waals surface area contributed by atoms with Gasteiger partial charge in [0.15, 0.2) is 0 Å². The first-order valence-corrected chi connectivity index (χ1v) is 9.00. The Morgan fingerprint density at radius 1 is 1.13 bits per heavy atom. The van der Waals surface area contributed by atoms with Crippen LogP contribution in [0.4, 0.5) is 0 Å². The van der Waals surface area contributed by atoms with Crippen molar-refractivity contribution < 1.29 is 27.9 Å². The van der Waals surface area contributed by atoms with Gasteiger partial charge < -0.3 is 19.1 Å². The van der Waals surface area contributed by atoms with E-state index in [2.05, 4.69) is 10.1 Å². The van der Waals surface area contributed by atoms with Crippen LogP contribution in [0.25, 0.3) is 0 Å². The van der Waals surface area contributed by atoms with E-state index in [0.717, 1.165) is 0 Å². The Morgan fingerprint density at radius 2 is 1.70 bits per heavy atom. The Kier molecular flexibility index (Phi) is 7.95. The number of methoxy groups -OCH3 is 1. The molecule has 0 aliphatic heterocycles. The molecule has 0 spiro atoms. The zero-order valence-electron chi connectivity index (χ0n) is 13.5. The molecule has 0 bridgehead atoms. The molecule has 0 aromatic heterocycles. The summed E-state index contributed by atoms with van der Waals surface area (Å²) >= 11 is 0. The molecule has 0 saturated carbocycles. The minimum Gasteiger partial charge on any atom is -0.467 e. The Morgan fingerprint density at radius 3 is 2.17 bits per heavy atom. The fraction of sp³-hybridized carbons (Fsp3) is 0.467. The molecule has 1 aromatic carbocycles. The summed E-state index contributed by atoms with van der Waals surface area (Å²) in [5.41, 5.74) is 0.379. The van der Waals surface area contributed by atoms with E-state index in [1.807, 2.05) is 0 Å². The number of amides is 1. The number of hydrogen-bond donors (Lipinski definition) is 1. The Hall–Kier alpha value is -1.69. The normalized spacial score (nSPS) is 12.5. The van der Waals surface area contributed by atoms with E-state index in [1.54, 1.807) is 44.2 Å². The van der Waals surface area contributed by atoms with E-state index in [9.17, 15) is 14.2 Å². The number of rotatable bonds is 9.